The van der Waals surface area contributed by atoms with E-state index >= 15 is 4.39 Å². The summed E-state index contributed by atoms with van der Waals surface area (Å²) in [5.74, 6) is -3.16. The van der Waals surface area contributed by atoms with Gasteiger partial charge in [-0.25, -0.2) is 4.39 Å². The minimum atomic E-state index is -5.12. The first-order chi connectivity index (χ1) is 17.9. The predicted octanol–water partition coefficient (Wildman–Crippen LogP) is 5.17. The van der Waals surface area contributed by atoms with Gasteiger partial charge in [-0.15, -0.1) is 0 Å². The number of amides is 2. The molecule has 8 nitrogen and oxygen atoms in total. The molecule has 1 atom stereocenters. The van der Waals surface area contributed by atoms with Crippen LogP contribution in [0.2, 0.25) is 5.02 Å². The van der Waals surface area contributed by atoms with Crippen molar-refractivity contribution in [3.8, 4) is 17.2 Å². The number of carbonyl (C=O) groups excluding carboxylic acids is 2. The number of fused-ring (bicyclic) bond motifs is 1. The zero-order valence-corrected chi connectivity index (χ0v) is 20.7. The molecular weight excluding hydrogens is 530 g/mol. The number of hydrogen-bond donors (Lipinski definition) is 2. The van der Waals surface area contributed by atoms with Crippen molar-refractivity contribution in [1.29, 1.82) is 0 Å². The lowest BCUT2D eigenvalue weighted by molar-refractivity contribution is -0.175. The molecule has 4 aromatic rings. The second-order valence-corrected chi connectivity index (χ2v) is 9.47. The van der Waals surface area contributed by atoms with Crippen LogP contribution in [0.15, 0.2) is 47.0 Å². The maximum Gasteiger partial charge on any atom is 0.471 e. The van der Waals surface area contributed by atoms with Gasteiger partial charge in [0.2, 0.25) is 17.6 Å². The van der Waals surface area contributed by atoms with E-state index in [1.165, 1.54) is 19.1 Å². The Morgan fingerprint density at radius 2 is 1.89 bits per heavy atom. The van der Waals surface area contributed by atoms with Crippen molar-refractivity contribution < 1.29 is 31.7 Å². The summed E-state index contributed by atoms with van der Waals surface area (Å²) in [6.45, 7) is 3.12. The lowest BCUT2D eigenvalue weighted by atomic mass is 10.1. The number of rotatable bonds is 6. The zero-order valence-electron chi connectivity index (χ0n) is 20.0. The third-order valence-corrected chi connectivity index (χ3v) is 6.79. The summed E-state index contributed by atoms with van der Waals surface area (Å²) < 4.78 is 60.1. The Kier molecular flexibility index (Phi) is 6.17. The topological polar surface area (TPSA) is 102 Å². The monoisotopic (exact) mass is 549 g/mol. The minimum absolute atomic E-state index is 0.0502. The fourth-order valence-corrected chi connectivity index (χ4v) is 4.63. The van der Waals surface area contributed by atoms with Crippen LogP contribution in [0.3, 0.4) is 0 Å². The summed E-state index contributed by atoms with van der Waals surface area (Å²) in [4.78, 5) is 28.3. The Morgan fingerprint density at radius 1 is 1.18 bits per heavy atom. The molecule has 2 aromatic carbocycles. The highest BCUT2D eigenvalue weighted by Gasteiger charge is 2.55. The van der Waals surface area contributed by atoms with Crippen LogP contribution in [-0.2, 0) is 9.59 Å². The van der Waals surface area contributed by atoms with Crippen molar-refractivity contribution in [3.63, 3.8) is 0 Å². The molecule has 0 saturated heterocycles. The van der Waals surface area contributed by atoms with Crippen LogP contribution in [0, 0.1) is 12.7 Å². The number of benzene rings is 2. The van der Waals surface area contributed by atoms with Gasteiger partial charge in [-0.1, -0.05) is 41.0 Å². The summed E-state index contributed by atoms with van der Waals surface area (Å²) in [6.07, 6.45) is -5.02. The molecule has 38 heavy (non-hydrogen) atoms. The second kappa shape index (κ2) is 9.12. The highest BCUT2D eigenvalue weighted by molar-refractivity contribution is 6.38. The fraction of sp³-hybridized carbons (Fsp3) is 0.280. The van der Waals surface area contributed by atoms with E-state index in [1.54, 1.807) is 41.1 Å². The number of carbonyl (C=O) groups is 2. The van der Waals surface area contributed by atoms with Crippen molar-refractivity contribution in [3.05, 3.63) is 64.8 Å². The lowest BCUT2D eigenvalue weighted by Crippen LogP contribution is -2.53. The van der Waals surface area contributed by atoms with Gasteiger partial charge in [0.25, 0.3) is 0 Å². The quantitative estimate of drug-likeness (QED) is 0.323. The number of nitrogens with one attached hydrogen (secondary N) is 2. The number of alkyl halides is 3. The van der Waals surface area contributed by atoms with Gasteiger partial charge in [0.1, 0.15) is 17.1 Å². The summed E-state index contributed by atoms with van der Waals surface area (Å²) in [5, 5.41) is 9.25. The van der Waals surface area contributed by atoms with Gasteiger partial charge in [0.15, 0.2) is 0 Å². The van der Waals surface area contributed by atoms with Gasteiger partial charge in [-0.2, -0.15) is 18.2 Å². The van der Waals surface area contributed by atoms with E-state index in [1.807, 2.05) is 6.07 Å². The molecule has 1 saturated carbocycles. The van der Waals surface area contributed by atoms with E-state index in [0.717, 1.165) is 0 Å². The largest absolute Gasteiger partial charge is 0.471 e. The first kappa shape index (κ1) is 25.7. The van der Waals surface area contributed by atoms with Gasteiger partial charge in [-0.3, -0.25) is 9.59 Å². The van der Waals surface area contributed by atoms with Crippen LogP contribution in [0.1, 0.15) is 37.3 Å². The summed E-state index contributed by atoms with van der Waals surface area (Å²) in [7, 11) is 0. The van der Waals surface area contributed by atoms with E-state index in [0.29, 0.717) is 33.2 Å². The van der Waals surface area contributed by atoms with Gasteiger partial charge in [-0.05, 0) is 38.0 Å². The van der Waals surface area contributed by atoms with Crippen molar-refractivity contribution in [1.82, 2.24) is 25.3 Å². The molecule has 0 unspecified atom stereocenters. The van der Waals surface area contributed by atoms with Crippen LogP contribution in [0.25, 0.3) is 28.1 Å². The maximum absolute atomic E-state index is 15.4. The predicted molar refractivity (Wildman–Crippen MR) is 129 cm³/mol. The van der Waals surface area contributed by atoms with Crippen molar-refractivity contribution in [2.45, 2.75) is 44.4 Å². The standard InChI is InChI=1S/C25H20ClF4N5O3/c1-12(31-22(36)24(9-10-24)33-23(37)25(28,29)30)15-8-7-14(11-17(15)27)35-18-6-4-3-5-16(18)19(26)20(35)21-32-13(2)38-34-21/h3-8,11-12H,9-10H2,1-2H3,(H,31,36)(H,33,37)/t12-/m1/s1. The van der Waals surface area contributed by atoms with E-state index in [-0.39, 0.29) is 24.2 Å². The third kappa shape index (κ3) is 4.49. The second-order valence-electron chi connectivity index (χ2n) is 9.09. The molecule has 1 aliphatic rings. The molecular formula is C25H20ClF4N5O3. The van der Waals surface area contributed by atoms with Crippen LogP contribution < -0.4 is 10.6 Å². The zero-order chi connectivity index (χ0) is 27.4. The molecule has 1 aliphatic carbocycles. The van der Waals surface area contributed by atoms with Gasteiger partial charge >= 0.3 is 12.1 Å². The molecule has 0 spiro atoms. The molecule has 2 aromatic heterocycles. The molecule has 0 aliphatic heterocycles. The fourth-order valence-electron chi connectivity index (χ4n) is 4.30. The molecule has 0 radical (unpaired) electrons. The SMILES string of the molecule is Cc1nc(-c2c(Cl)c3ccccc3n2-c2ccc([C@@H](C)NC(=O)C3(NC(=O)C(F)(F)F)CC3)c(F)c2)no1. The highest BCUT2D eigenvalue weighted by Crippen LogP contribution is 2.40. The van der Waals surface area contributed by atoms with Gasteiger partial charge < -0.3 is 19.7 Å². The molecule has 0 bridgehead atoms. The average Bonchev–Trinajstić information content (AvgIpc) is 3.42. The van der Waals surface area contributed by atoms with Crippen LogP contribution >= 0.6 is 11.6 Å². The molecule has 2 heterocycles. The summed E-state index contributed by atoms with van der Waals surface area (Å²) in [5.41, 5.74) is -0.106. The van der Waals surface area contributed by atoms with Crippen molar-refractivity contribution in [2.24, 2.45) is 0 Å². The van der Waals surface area contributed by atoms with E-state index in [4.69, 9.17) is 16.1 Å². The highest BCUT2D eigenvalue weighted by atomic mass is 35.5. The number of nitrogens with zero attached hydrogens (tertiary/aromatic N) is 3. The average molecular weight is 550 g/mol. The van der Waals surface area contributed by atoms with Crippen molar-refractivity contribution in [2.75, 3.05) is 0 Å². The van der Waals surface area contributed by atoms with Crippen LogP contribution in [-0.4, -0.2) is 38.2 Å². The Morgan fingerprint density at radius 3 is 2.50 bits per heavy atom. The summed E-state index contributed by atoms with van der Waals surface area (Å²) in [6, 6.07) is 10.6. The molecule has 2 N–H and O–H groups in total. The molecule has 5 rings (SSSR count). The first-order valence-corrected chi connectivity index (χ1v) is 11.9. The lowest BCUT2D eigenvalue weighted by Gasteiger charge is -2.22. The Hall–Kier alpha value is -3.93. The first-order valence-electron chi connectivity index (χ1n) is 11.5. The number of halogens is 5. The number of para-hydroxylation sites is 1. The van der Waals surface area contributed by atoms with Crippen LogP contribution in [0.5, 0.6) is 0 Å². The number of aromatic nitrogens is 3. The van der Waals surface area contributed by atoms with E-state index in [2.05, 4.69) is 15.5 Å². The smallest absolute Gasteiger partial charge is 0.347 e. The normalized spacial score (nSPS) is 15.3. The van der Waals surface area contributed by atoms with E-state index < -0.39 is 35.4 Å². The van der Waals surface area contributed by atoms with Gasteiger partial charge in [0.05, 0.1) is 16.6 Å². The van der Waals surface area contributed by atoms with Gasteiger partial charge in [0, 0.05) is 23.6 Å². The van der Waals surface area contributed by atoms with Crippen molar-refractivity contribution >= 4 is 34.3 Å². The molecule has 13 heteroatoms. The third-order valence-electron chi connectivity index (χ3n) is 6.40. The molecule has 1 fully saturated rings. The Balaban J connectivity index is 1.45. The number of hydrogen-bond acceptors (Lipinski definition) is 5. The molecule has 2 amide bonds. The van der Waals surface area contributed by atoms with Crippen LogP contribution in [0.4, 0.5) is 17.6 Å². The maximum atomic E-state index is 15.4. The Labute approximate surface area is 217 Å². The minimum Gasteiger partial charge on any atom is -0.347 e. The summed E-state index contributed by atoms with van der Waals surface area (Å²) >= 11 is 6.66. The molecule has 198 valence electrons. The van der Waals surface area contributed by atoms with E-state index in [9.17, 15) is 22.8 Å². The number of aryl methyl sites for hydroxylation is 1. The Bertz CT molecular complexity index is 1570.